The van der Waals surface area contributed by atoms with Gasteiger partial charge in [0, 0.05) is 43.7 Å². The maximum atomic E-state index is 13.5. The number of ether oxygens (including phenoxy) is 1. The summed E-state index contributed by atoms with van der Waals surface area (Å²) < 4.78 is 6.34. The second-order valence-electron chi connectivity index (χ2n) is 10.3. The molecule has 1 aliphatic heterocycles. The van der Waals surface area contributed by atoms with E-state index >= 15 is 0 Å². The number of fused-ring (bicyclic) bond motifs is 1. The van der Waals surface area contributed by atoms with Gasteiger partial charge in [-0.3, -0.25) is 9.69 Å². The monoisotopic (exact) mass is 507 g/mol. The van der Waals surface area contributed by atoms with Crippen LogP contribution < -0.4 is 4.74 Å². The number of carbonyl (C=O) groups is 2. The molecule has 0 spiro atoms. The molecular weight excluding hydrogens is 470 g/mol. The van der Waals surface area contributed by atoms with E-state index in [9.17, 15) is 19.8 Å². The smallest absolute Gasteiger partial charge is 0.336 e. The van der Waals surface area contributed by atoms with E-state index < -0.39 is 5.97 Å². The Morgan fingerprint density at radius 1 is 1.30 bits per heavy atom. The second kappa shape index (κ2) is 12.7. The van der Waals surface area contributed by atoms with Crippen LogP contribution in [0.3, 0.4) is 0 Å². The fourth-order valence-corrected chi connectivity index (χ4v) is 4.28. The SMILES string of the molecule is CC(C)CC#Cc1cnc2c(c1)C(=O)N([C@@H](C)CO)C[C@@H](C)[C@H](CN(C)Cc1ccccc1C(=O)O)O2. The van der Waals surface area contributed by atoms with Gasteiger partial charge in [0.05, 0.1) is 18.2 Å². The van der Waals surface area contributed by atoms with Crippen LogP contribution in [0.4, 0.5) is 0 Å². The molecule has 0 aliphatic carbocycles. The van der Waals surface area contributed by atoms with Crippen molar-refractivity contribution in [1.29, 1.82) is 0 Å². The number of aliphatic hydroxyl groups is 1. The van der Waals surface area contributed by atoms with Crippen LogP contribution in [-0.2, 0) is 6.54 Å². The van der Waals surface area contributed by atoms with E-state index in [1.807, 2.05) is 37.9 Å². The summed E-state index contributed by atoms with van der Waals surface area (Å²) in [6, 6.07) is 8.29. The minimum absolute atomic E-state index is 0.0735. The Kier molecular flexibility index (Phi) is 9.67. The van der Waals surface area contributed by atoms with E-state index in [-0.39, 0.29) is 42.0 Å². The molecule has 37 heavy (non-hydrogen) atoms. The number of carbonyl (C=O) groups excluding carboxylic acids is 1. The van der Waals surface area contributed by atoms with Gasteiger partial charge in [0.25, 0.3) is 5.91 Å². The quantitative estimate of drug-likeness (QED) is 0.527. The van der Waals surface area contributed by atoms with Gasteiger partial charge < -0.3 is 19.8 Å². The van der Waals surface area contributed by atoms with Crippen LogP contribution >= 0.6 is 0 Å². The van der Waals surface area contributed by atoms with Gasteiger partial charge in [-0.2, -0.15) is 0 Å². The normalized spacial score (nSPS) is 18.4. The summed E-state index contributed by atoms with van der Waals surface area (Å²) in [6.07, 6.45) is 2.04. The molecule has 2 heterocycles. The molecule has 0 radical (unpaired) electrons. The number of hydrogen-bond acceptors (Lipinski definition) is 6. The van der Waals surface area contributed by atoms with Crippen molar-refractivity contribution < 1.29 is 24.5 Å². The Morgan fingerprint density at radius 2 is 2.03 bits per heavy atom. The zero-order valence-electron chi connectivity index (χ0n) is 22.3. The van der Waals surface area contributed by atoms with E-state index in [0.29, 0.717) is 42.2 Å². The van der Waals surface area contributed by atoms with Gasteiger partial charge in [0.2, 0.25) is 5.88 Å². The molecule has 3 rings (SSSR count). The van der Waals surface area contributed by atoms with Crippen LogP contribution in [0.2, 0.25) is 0 Å². The van der Waals surface area contributed by atoms with E-state index in [0.717, 1.165) is 6.42 Å². The Balaban J connectivity index is 1.90. The van der Waals surface area contributed by atoms with Gasteiger partial charge in [-0.15, -0.1) is 0 Å². The van der Waals surface area contributed by atoms with Crippen LogP contribution in [0.25, 0.3) is 0 Å². The highest BCUT2D eigenvalue weighted by atomic mass is 16.5. The van der Waals surface area contributed by atoms with Crippen molar-refractivity contribution in [2.75, 3.05) is 26.7 Å². The fraction of sp³-hybridized carbons (Fsp3) is 0.483. The lowest BCUT2D eigenvalue weighted by Gasteiger charge is -2.37. The number of pyridine rings is 1. The number of rotatable bonds is 8. The van der Waals surface area contributed by atoms with Crippen molar-refractivity contribution in [3.63, 3.8) is 0 Å². The molecule has 1 aromatic heterocycles. The highest BCUT2D eigenvalue weighted by molar-refractivity contribution is 5.97. The van der Waals surface area contributed by atoms with Crippen molar-refractivity contribution in [1.82, 2.24) is 14.8 Å². The number of nitrogens with zero attached hydrogens (tertiary/aromatic N) is 3. The van der Waals surface area contributed by atoms with Crippen LogP contribution in [0.15, 0.2) is 36.5 Å². The minimum atomic E-state index is -0.961. The third kappa shape index (κ3) is 7.31. The summed E-state index contributed by atoms with van der Waals surface area (Å²) in [5.41, 5.74) is 1.95. The first-order valence-corrected chi connectivity index (χ1v) is 12.7. The predicted octanol–water partition coefficient (Wildman–Crippen LogP) is 3.53. The largest absolute Gasteiger partial charge is 0.478 e. The Bertz CT molecular complexity index is 1170. The van der Waals surface area contributed by atoms with Crippen LogP contribution in [-0.4, -0.2) is 75.8 Å². The van der Waals surface area contributed by atoms with Gasteiger partial charge in [-0.05, 0) is 37.6 Å². The molecule has 1 amide bonds. The average Bonchev–Trinajstić information content (AvgIpc) is 2.86. The summed E-state index contributed by atoms with van der Waals surface area (Å²) in [5.74, 6) is 5.62. The van der Waals surface area contributed by atoms with Crippen LogP contribution in [0.5, 0.6) is 5.88 Å². The number of likely N-dealkylation sites (N-methyl/N-ethyl adjacent to an activating group) is 1. The Morgan fingerprint density at radius 3 is 2.70 bits per heavy atom. The number of carboxylic acid groups (broad SMARTS) is 1. The van der Waals surface area contributed by atoms with Crippen LogP contribution in [0, 0.1) is 23.7 Å². The lowest BCUT2D eigenvalue weighted by molar-refractivity contribution is 0.0325. The highest BCUT2D eigenvalue weighted by Gasteiger charge is 2.34. The molecule has 1 aliphatic rings. The molecule has 0 bridgehead atoms. The fourth-order valence-electron chi connectivity index (χ4n) is 4.28. The molecule has 1 aromatic carbocycles. The highest BCUT2D eigenvalue weighted by Crippen LogP contribution is 2.27. The number of benzene rings is 1. The average molecular weight is 508 g/mol. The number of hydrogen-bond donors (Lipinski definition) is 2. The summed E-state index contributed by atoms with van der Waals surface area (Å²) >= 11 is 0. The third-order valence-corrected chi connectivity index (χ3v) is 6.44. The first-order chi connectivity index (χ1) is 17.6. The zero-order valence-corrected chi connectivity index (χ0v) is 22.3. The van der Waals surface area contributed by atoms with Crippen LogP contribution in [0.1, 0.15) is 66.0 Å². The lowest BCUT2D eigenvalue weighted by Crippen LogP contribution is -2.49. The van der Waals surface area contributed by atoms with Crippen molar-refractivity contribution >= 4 is 11.9 Å². The van der Waals surface area contributed by atoms with Gasteiger partial charge in [-0.1, -0.05) is 50.8 Å². The number of aromatic nitrogens is 1. The molecule has 0 saturated heterocycles. The van der Waals surface area contributed by atoms with Gasteiger partial charge in [-0.25, -0.2) is 9.78 Å². The third-order valence-electron chi connectivity index (χ3n) is 6.44. The molecule has 0 fully saturated rings. The molecule has 198 valence electrons. The summed E-state index contributed by atoms with van der Waals surface area (Å²) in [6.45, 7) is 9.16. The standard InChI is InChI=1S/C29H37N3O5/c1-19(2)9-8-10-22-13-25-27(30-14-22)37-26(20(3)15-32(28(25)34)21(4)18-33)17-31(5)16-23-11-6-7-12-24(23)29(35)36/h6-7,11-14,19-21,26,33H,9,15-18H2,1-5H3,(H,35,36)/t20-,21+,26+/m1/s1. The molecule has 8 heteroatoms. The molecule has 0 saturated carbocycles. The molecule has 2 N–H and O–H groups in total. The van der Waals surface area contributed by atoms with E-state index in [1.165, 1.54) is 0 Å². The van der Waals surface area contributed by atoms with Gasteiger partial charge >= 0.3 is 5.97 Å². The van der Waals surface area contributed by atoms with Crippen molar-refractivity contribution in [3.8, 4) is 17.7 Å². The number of aliphatic hydroxyl groups excluding tert-OH is 1. The molecule has 0 unspecified atom stereocenters. The van der Waals surface area contributed by atoms with E-state index in [4.69, 9.17) is 4.74 Å². The first-order valence-electron chi connectivity index (χ1n) is 12.7. The summed E-state index contributed by atoms with van der Waals surface area (Å²) in [5, 5.41) is 19.4. The van der Waals surface area contributed by atoms with Crippen molar-refractivity contribution in [3.05, 3.63) is 58.8 Å². The van der Waals surface area contributed by atoms with Crippen molar-refractivity contribution in [2.45, 2.75) is 52.8 Å². The first kappa shape index (κ1) is 28.2. The Labute approximate surface area is 219 Å². The Hall–Kier alpha value is -3.41. The van der Waals surface area contributed by atoms with Crippen molar-refractivity contribution in [2.24, 2.45) is 11.8 Å². The molecule has 3 atom stereocenters. The number of carboxylic acids is 1. The maximum Gasteiger partial charge on any atom is 0.336 e. The molecule has 2 aromatic rings. The predicted molar refractivity (Wildman–Crippen MR) is 141 cm³/mol. The molecular formula is C29H37N3O5. The zero-order chi connectivity index (χ0) is 27.1. The van der Waals surface area contributed by atoms with Gasteiger partial charge in [0.1, 0.15) is 11.7 Å². The number of amides is 1. The second-order valence-corrected chi connectivity index (χ2v) is 10.3. The number of aromatic carboxylic acids is 1. The van der Waals surface area contributed by atoms with Gasteiger partial charge in [0.15, 0.2) is 0 Å². The van der Waals surface area contributed by atoms with E-state index in [2.05, 4.69) is 30.7 Å². The van der Waals surface area contributed by atoms with E-state index in [1.54, 1.807) is 29.3 Å². The molecule has 8 nitrogen and oxygen atoms in total. The lowest BCUT2D eigenvalue weighted by atomic mass is 9.99. The maximum absolute atomic E-state index is 13.5. The minimum Gasteiger partial charge on any atom is -0.478 e. The topological polar surface area (TPSA) is 103 Å². The summed E-state index contributed by atoms with van der Waals surface area (Å²) in [4.78, 5) is 33.3. The summed E-state index contributed by atoms with van der Waals surface area (Å²) in [7, 11) is 1.91.